The number of nitrogens with zero attached hydrogens (tertiary/aromatic N) is 1. The van der Waals surface area contributed by atoms with Gasteiger partial charge in [0.15, 0.2) is 11.6 Å². The maximum Gasteiger partial charge on any atom is 0.255 e. The smallest absolute Gasteiger partial charge is 0.255 e. The van der Waals surface area contributed by atoms with Gasteiger partial charge >= 0.3 is 0 Å². The van der Waals surface area contributed by atoms with Crippen LogP contribution in [0.25, 0.3) is 0 Å². The molecule has 1 saturated heterocycles. The molecule has 1 fully saturated rings. The molecule has 1 amide bonds. The van der Waals surface area contributed by atoms with Crippen LogP contribution in [0.5, 0.6) is 0 Å². The molecule has 118 valence electrons. The maximum atomic E-state index is 13.2. The van der Waals surface area contributed by atoms with Crippen molar-refractivity contribution in [2.75, 3.05) is 13.1 Å². The van der Waals surface area contributed by atoms with Gasteiger partial charge in [0, 0.05) is 19.1 Å². The van der Waals surface area contributed by atoms with Crippen molar-refractivity contribution in [3.8, 4) is 0 Å². The van der Waals surface area contributed by atoms with E-state index in [1.807, 2.05) is 6.92 Å². The van der Waals surface area contributed by atoms with Crippen LogP contribution in [0, 0.1) is 17.6 Å². The molecule has 2 N–H and O–H groups in total. The van der Waals surface area contributed by atoms with E-state index in [1.165, 1.54) is 0 Å². The van der Waals surface area contributed by atoms with Gasteiger partial charge in [-0.25, -0.2) is 8.78 Å². The fraction of sp³-hybridized carbons (Fsp3) is 0.500. The lowest BCUT2D eigenvalue weighted by atomic mass is 9.90. The van der Waals surface area contributed by atoms with Crippen molar-refractivity contribution in [2.24, 2.45) is 11.7 Å². The lowest BCUT2D eigenvalue weighted by Crippen LogP contribution is -2.42. The van der Waals surface area contributed by atoms with E-state index in [9.17, 15) is 13.6 Å². The fourth-order valence-corrected chi connectivity index (χ4v) is 2.72. The highest BCUT2D eigenvalue weighted by Crippen LogP contribution is 2.25. The van der Waals surface area contributed by atoms with E-state index in [1.54, 1.807) is 4.90 Å². The lowest BCUT2D eigenvalue weighted by Gasteiger charge is -2.33. The fourth-order valence-electron chi connectivity index (χ4n) is 2.49. The molecule has 1 heterocycles. The van der Waals surface area contributed by atoms with Crippen molar-refractivity contribution in [1.82, 2.24) is 4.90 Å². The van der Waals surface area contributed by atoms with Crippen LogP contribution < -0.4 is 5.73 Å². The zero-order valence-electron chi connectivity index (χ0n) is 11.6. The largest absolute Gasteiger partial charge is 0.339 e. The van der Waals surface area contributed by atoms with Crippen molar-refractivity contribution >= 4 is 29.9 Å². The highest BCUT2D eigenvalue weighted by atomic mass is 35.5. The number of likely N-dealkylation sites (tertiary alicyclic amines) is 1. The number of amides is 1. The molecule has 1 unspecified atom stereocenters. The van der Waals surface area contributed by atoms with Crippen molar-refractivity contribution < 1.29 is 13.6 Å². The predicted octanol–water partition coefficient (Wildman–Crippen LogP) is 3.24. The van der Waals surface area contributed by atoms with Crippen LogP contribution in [0.4, 0.5) is 8.78 Å². The molecule has 0 aromatic heterocycles. The summed E-state index contributed by atoms with van der Waals surface area (Å²) in [5.41, 5.74) is 5.85. The van der Waals surface area contributed by atoms with Gasteiger partial charge in [0.1, 0.15) is 0 Å². The zero-order valence-corrected chi connectivity index (χ0v) is 13.2. The second-order valence-corrected chi connectivity index (χ2v) is 5.64. The molecule has 0 saturated carbocycles. The van der Waals surface area contributed by atoms with E-state index in [0.717, 1.165) is 25.0 Å². The van der Waals surface area contributed by atoms with Gasteiger partial charge in [-0.3, -0.25) is 4.79 Å². The molecule has 1 aliphatic rings. The highest BCUT2D eigenvalue weighted by molar-refractivity contribution is 6.33. The Bertz CT molecular complexity index is 518. The van der Waals surface area contributed by atoms with Crippen LogP contribution in [0.15, 0.2) is 12.1 Å². The lowest BCUT2D eigenvalue weighted by molar-refractivity contribution is 0.0680. The molecule has 0 bridgehead atoms. The summed E-state index contributed by atoms with van der Waals surface area (Å²) in [5.74, 6) is -2.10. The molecule has 1 aliphatic heterocycles. The summed E-state index contributed by atoms with van der Waals surface area (Å²) in [4.78, 5) is 13.9. The molecule has 0 aliphatic carbocycles. The first kappa shape index (κ1) is 18.1. The Labute approximate surface area is 133 Å². The Hall–Kier alpha value is -0.910. The van der Waals surface area contributed by atoms with Crippen molar-refractivity contribution in [3.63, 3.8) is 0 Å². The first-order valence-corrected chi connectivity index (χ1v) is 6.97. The third-order valence-electron chi connectivity index (χ3n) is 3.81. The van der Waals surface area contributed by atoms with Crippen LogP contribution in [0.3, 0.4) is 0 Å². The molecule has 3 nitrogen and oxygen atoms in total. The molecule has 1 aromatic carbocycles. The molecule has 1 aromatic rings. The summed E-state index contributed by atoms with van der Waals surface area (Å²) >= 11 is 5.82. The van der Waals surface area contributed by atoms with Gasteiger partial charge in [0.25, 0.3) is 5.91 Å². The molecular formula is C14H18Cl2F2N2O. The minimum Gasteiger partial charge on any atom is -0.339 e. The minimum atomic E-state index is -1.07. The number of nitrogens with two attached hydrogens (primary N) is 1. The third-order valence-corrected chi connectivity index (χ3v) is 4.12. The van der Waals surface area contributed by atoms with E-state index in [0.29, 0.717) is 19.0 Å². The minimum absolute atomic E-state index is 0. The summed E-state index contributed by atoms with van der Waals surface area (Å²) in [6, 6.07) is 1.79. The van der Waals surface area contributed by atoms with Crippen LogP contribution in [0.2, 0.25) is 5.02 Å². The van der Waals surface area contributed by atoms with E-state index in [4.69, 9.17) is 17.3 Å². The van der Waals surface area contributed by atoms with Crippen LogP contribution in [-0.4, -0.2) is 29.9 Å². The number of hydrogen-bond donors (Lipinski definition) is 1. The van der Waals surface area contributed by atoms with Gasteiger partial charge in [0.05, 0.1) is 10.6 Å². The summed E-state index contributed by atoms with van der Waals surface area (Å²) in [7, 11) is 0. The van der Waals surface area contributed by atoms with Crippen molar-refractivity contribution in [2.45, 2.75) is 25.8 Å². The number of piperidine rings is 1. The van der Waals surface area contributed by atoms with E-state index in [-0.39, 0.29) is 34.9 Å². The van der Waals surface area contributed by atoms with Gasteiger partial charge in [-0.1, -0.05) is 11.6 Å². The van der Waals surface area contributed by atoms with Gasteiger partial charge in [0.2, 0.25) is 0 Å². The van der Waals surface area contributed by atoms with Crippen molar-refractivity contribution in [1.29, 1.82) is 0 Å². The van der Waals surface area contributed by atoms with Gasteiger partial charge in [-0.2, -0.15) is 0 Å². The Balaban J connectivity index is 0.00000220. The third kappa shape index (κ3) is 4.05. The first-order chi connectivity index (χ1) is 9.40. The Kier molecular flexibility index (Phi) is 6.38. The Morgan fingerprint density at radius 1 is 1.33 bits per heavy atom. The summed E-state index contributed by atoms with van der Waals surface area (Å²) < 4.78 is 26.2. The number of halogens is 4. The molecule has 2 rings (SSSR count). The van der Waals surface area contributed by atoms with E-state index >= 15 is 0 Å². The highest BCUT2D eigenvalue weighted by Gasteiger charge is 2.27. The van der Waals surface area contributed by atoms with Gasteiger partial charge < -0.3 is 10.6 Å². The SMILES string of the molecule is CC(N)C1CCN(C(=O)c2cc(F)c(F)cc2Cl)CC1.Cl. The summed E-state index contributed by atoms with van der Waals surface area (Å²) in [6.07, 6.45) is 1.62. The van der Waals surface area contributed by atoms with E-state index in [2.05, 4.69) is 0 Å². The predicted molar refractivity (Wildman–Crippen MR) is 80.9 cm³/mol. The molecule has 21 heavy (non-hydrogen) atoms. The van der Waals surface area contributed by atoms with Gasteiger partial charge in [-0.05, 0) is 37.8 Å². The second kappa shape index (κ2) is 7.38. The molecule has 0 spiro atoms. The number of rotatable bonds is 2. The number of carbonyl (C=O) groups excluding carboxylic acids is 1. The standard InChI is InChI=1S/C14H17ClF2N2O.ClH/c1-8(18)9-2-4-19(5-3-9)14(20)10-6-12(16)13(17)7-11(10)15;/h6-9H,2-5,18H2,1H3;1H. The monoisotopic (exact) mass is 338 g/mol. The average molecular weight is 339 g/mol. The number of hydrogen-bond acceptors (Lipinski definition) is 2. The van der Waals surface area contributed by atoms with Crippen LogP contribution in [0.1, 0.15) is 30.1 Å². The molecule has 0 radical (unpaired) electrons. The van der Waals surface area contributed by atoms with Crippen LogP contribution >= 0.6 is 24.0 Å². The zero-order chi connectivity index (χ0) is 14.9. The quantitative estimate of drug-likeness (QED) is 0.841. The normalized spacial score (nSPS) is 17.3. The molecule has 7 heteroatoms. The van der Waals surface area contributed by atoms with E-state index < -0.39 is 11.6 Å². The van der Waals surface area contributed by atoms with Gasteiger partial charge in [-0.15, -0.1) is 12.4 Å². The first-order valence-electron chi connectivity index (χ1n) is 6.59. The van der Waals surface area contributed by atoms with Crippen LogP contribution in [-0.2, 0) is 0 Å². The molecule has 1 atom stereocenters. The topological polar surface area (TPSA) is 46.3 Å². The number of benzene rings is 1. The summed E-state index contributed by atoms with van der Waals surface area (Å²) in [6.45, 7) is 3.06. The molecular weight excluding hydrogens is 321 g/mol. The Morgan fingerprint density at radius 3 is 2.38 bits per heavy atom. The Morgan fingerprint density at radius 2 is 1.86 bits per heavy atom. The summed E-state index contributed by atoms with van der Waals surface area (Å²) in [5, 5.41) is -0.0665. The average Bonchev–Trinajstić information content (AvgIpc) is 2.42. The maximum absolute atomic E-state index is 13.2. The van der Waals surface area contributed by atoms with Crippen molar-refractivity contribution in [3.05, 3.63) is 34.4 Å². The second-order valence-electron chi connectivity index (χ2n) is 5.23. The number of carbonyl (C=O) groups is 1.